The number of nitrogens with one attached hydrogen (secondary N) is 1. The normalized spacial score (nSPS) is 14.3. The molecule has 1 amide bonds. The predicted molar refractivity (Wildman–Crippen MR) is 99.6 cm³/mol. The predicted octanol–water partition coefficient (Wildman–Crippen LogP) is 2.68. The molecule has 2 aromatic carbocycles. The lowest BCUT2D eigenvalue weighted by Gasteiger charge is -2.30. The number of halogens is 1. The number of oxazole rings is 1. The number of aromatic nitrogens is 1. The molecule has 0 aliphatic heterocycles. The first-order valence-electron chi connectivity index (χ1n) is 8.12. The van der Waals surface area contributed by atoms with Crippen LogP contribution in [-0.2, 0) is 15.9 Å². The van der Waals surface area contributed by atoms with Gasteiger partial charge in [0.15, 0.2) is 11.2 Å². The van der Waals surface area contributed by atoms with Crippen molar-refractivity contribution >= 4 is 28.6 Å². The quantitative estimate of drug-likeness (QED) is 0.616. The fraction of sp³-hybridized carbons (Fsp3) is 0.263. The van der Waals surface area contributed by atoms with E-state index in [-0.39, 0.29) is 6.54 Å². The highest BCUT2D eigenvalue weighted by Crippen LogP contribution is 2.28. The molecule has 4 N–H and O–H groups in total. The average molecular weight is 374 g/mol. The molecule has 1 atom stereocenters. The number of nitrogens with two attached hydrogens (primary N) is 1. The number of hydrogen-bond donors (Lipinski definition) is 3. The summed E-state index contributed by atoms with van der Waals surface area (Å²) >= 11 is 5.98. The molecular weight excluding hydrogens is 354 g/mol. The van der Waals surface area contributed by atoms with Gasteiger partial charge < -0.3 is 20.6 Å². The molecule has 136 valence electrons. The minimum Gasteiger partial charge on any atom is -0.439 e. The number of aliphatic hydroxyl groups is 1. The van der Waals surface area contributed by atoms with Gasteiger partial charge in [-0.25, -0.2) is 4.98 Å². The number of fused-ring (bicyclic) bond motifs is 1. The zero-order valence-corrected chi connectivity index (χ0v) is 15.2. The first-order chi connectivity index (χ1) is 12.2. The van der Waals surface area contributed by atoms with Gasteiger partial charge in [-0.05, 0) is 31.5 Å². The van der Waals surface area contributed by atoms with Crippen LogP contribution in [0.5, 0.6) is 0 Å². The molecule has 1 unspecified atom stereocenters. The third kappa shape index (κ3) is 3.44. The molecule has 0 bridgehead atoms. The molecule has 26 heavy (non-hydrogen) atoms. The minimum absolute atomic E-state index is 0.0984. The summed E-state index contributed by atoms with van der Waals surface area (Å²) in [5, 5.41) is 14.5. The Morgan fingerprint density at radius 3 is 2.62 bits per heavy atom. The van der Waals surface area contributed by atoms with E-state index in [0.29, 0.717) is 27.6 Å². The van der Waals surface area contributed by atoms with Gasteiger partial charge in [-0.3, -0.25) is 4.79 Å². The monoisotopic (exact) mass is 373 g/mol. The van der Waals surface area contributed by atoms with Crippen LogP contribution in [0.3, 0.4) is 0 Å². The zero-order valence-electron chi connectivity index (χ0n) is 14.5. The third-order valence-electron chi connectivity index (χ3n) is 4.33. The molecule has 0 saturated heterocycles. The highest BCUT2D eigenvalue weighted by molar-refractivity contribution is 6.31. The number of benzene rings is 2. The van der Waals surface area contributed by atoms with Gasteiger partial charge in [-0.15, -0.1) is 0 Å². The van der Waals surface area contributed by atoms with Crippen molar-refractivity contribution in [2.45, 2.75) is 25.0 Å². The van der Waals surface area contributed by atoms with E-state index in [4.69, 9.17) is 21.8 Å². The van der Waals surface area contributed by atoms with E-state index in [9.17, 15) is 9.90 Å². The summed E-state index contributed by atoms with van der Waals surface area (Å²) in [6, 6.07) is 13.8. The second-order valence-corrected chi connectivity index (χ2v) is 7.14. The molecule has 3 rings (SSSR count). The van der Waals surface area contributed by atoms with E-state index in [1.54, 1.807) is 48.5 Å². The highest BCUT2D eigenvalue weighted by Gasteiger charge is 2.38. The van der Waals surface area contributed by atoms with Crippen LogP contribution in [0.2, 0.25) is 5.02 Å². The Morgan fingerprint density at radius 2 is 1.96 bits per heavy atom. The van der Waals surface area contributed by atoms with Crippen LogP contribution in [0.15, 0.2) is 52.9 Å². The fourth-order valence-corrected chi connectivity index (χ4v) is 2.80. The van der Waals surface area contributed by atoms with Gasteiger partial charge in [0, 0.05) is 17.6 Å². The molecular formula is C19H20ClN3O3. The van der Waals surface area contributed by atoms with Crippen molar-refractivity contribution in [3.05, 3.63) is 65.0 Å². The number of hydrogen-bond acceptors (Lipinski definition) is 5. The molecule has 3 aromatic rings. The summed E-state index contributed by atoms with van der Waals surface area (Å²) in [4.78, 5) is 16.4. The van der Waals surface area contributed by atoms with Crippen molar-refractivity contribution in [3.63, 3.8) is 0 Å². The van der Waals surface area contributed by atoms with Crippen molar-refractivity contribution in [2.24, 2.45) is 5.73 Å². The van der Waals surface area contributed by atoms with Crippen LogP contribution >= 0.6 is 11.6 Å². The molecule has 6 nitrogen and oxygen atoms in total. The van der Waals surface area contributed by atoms with Crippen molar-refractivity contribution in [2.75, 3.05) is 6.54 Å². The second kappa shape index (κ2) is 6.72. The van der Waals surface area contributed by atoms with Crippen LogP contribution in [0.1, 0.15) is 25.3 Å². The molecule has 0 spiro atoms. The van der Waals surface area contributed by atoms with Crippen molar-refractivity contribution in [1.82, 2.24) is 10.3 Å². The van der Waals surface area contributed by atoms with E-state index >= 15 is 0 Å². The molecule has 1 aromatic heterocycles. The number of rotatable bonds is 6. The van der Waals surface area contributed by atoms with E-state index < -0.39 is 17.0 Å². The van der Waals surface area contributed by atoms with Crippen LogP contribution in [0.4, 0.5) is 0 Å². The van der Waals surface area contributed by atoms with E-state index in [2.05, 4.69) is 10.3 Å². The SMILES string of the molecule is CC(C)(NCC(O)(C(N)=O)c1ccccc1)c1nc2ccc(Cl)cc2o1. The van der Waals surface area contributed by atoms with E-state index in [1.165, 1.54) is 0 Å². The Bertz CT molecular complexity index is 940. The molecule has 0 saturated carbocycles. The summed E-state index contributed by atoms with van der Waals surface area (Å²) in [7, 11) is 0. The maximum Gasteiger partial charge on any atom is 0.255 e. The fourth-order valence-electron chi connectivity index (χ4n) is 2.64. The molecule has 0 aliphatic rings. The molecule has 7 heteroatoms. The molecule has 0 aliphatic carbocycles. The largest absolute Gasteiger partial charge is 0.439 e. The standard InChI is InChI=1S/C19H20ClN3O3/c1-18(2,17-23-14-9-8-13(20)10-15(14)26-17)22-11-19(25,16(21)24)12-6-4-3-5-7-12/h3-10,22,25H,11H2,1-2H3,(H2,21,24). The second-order valence-electron chi connectivity index (χ2n) is 6.70. The number of carbonyl (C=O) groups excluding carboxylic acids is 1. The summed E-state index contributed by atoms with van der Waals surface area (Å²) < 4.78 is 5.79. The Balaban J connectivity index is 1.86. The third-order valence-corrected chi connectivity index (χ3v) is 4.57. The first kappa shape index (κ1) is 18.4. The van der Waals surface area contributed by atoms with Gasteiger partial charge in [0.1, 0.15) is 5.52 Å². The number of primary amides is 1. The number of amides is 1. The van der Waals surface area contributed by atoms with Gasteiger partial charge in [0.2, 0.25) is 5.89 Å². The Kier molecular flexibility index (Phi) is 4.75. The summed E-state index contributed by atoms with van der Waals surface area (Å²) in [5.74, 6) is -0.425. The number of nitrogens with zero attached hydrogens (tertiary/aromatic N) is 1. The highest BCUT2D eigenvalue weighted by atomic mass is 35.5. The summed E-state index contributed by atoms with van der Waals surface area (Å²) in [5.41, 5.74) is 4.51. The van der Waals surface area contributed by atoms with E-state index in [0.717, 1.165) is 0 Å². The van der Waals surface area contributed by atoms with Crippen molar-refractivity contribution in [3.8, 4) is 0 Å². The maximum atomic E-state index is 11.9. The maximum absolute atomic E-state index is 11.9. The van der Waals surface area contributed by atoms with Crippen LogP contribution < -0.4 is 11.1 Å². The summed E-state index contributed by atoms with van der Waals surface area (Å²) in [6.07, 6.45) is 0. The molecule has 0 radical (unpaired) electrons. The lowest BCUT2D eigenvalue weighted by atomic mass is 9.91. The lowest BCUT2D eigenvalue weighted by Crippen LogP contribution is -2.52. The Hall–Kier alpha value is -2.41. The van der Waals surface area contributed by atoms with Gasteiger partial charge in [0.05, 0.1) is 5.54 Å². The lowest BCUT2D eigenvalue weighted by molar-refractivity contribution is -0.137. The van der Waals surface area contributed by atoms with Crippen LogP contribution in [0.25, 0.3) is 11.1 Å². The molecule has 1 heterocycles. The van der Waals surface area contributed by atoms with Gasteiger partial charge in [0.25, 0.3) is 5.91 Å². The van der Waals surface area contributed by atoms with E-state index in [1.807, 2.05) is 13.8 Å². The smallest absolute Gasteiger partial charge is 0.255 e. The van der Waals surface area contributed by atoms with Gasteiger partial charge in [-0.2, -0.15) is 0 Å². The zero-order chi connectivity index (χ0) is 18.9. The molecule has 0 fully saturated rings. The number of carbonyl (C=O) groups is 1. The average Bonchev–Trinajstić information content (AvgIpc) is 3.04. The van der Waals surface area contributed by atoms with Crippen LogP contribution in [0, 0.1) is 0 Å². The van der Waals surface area contributed by atoms with Gasteiger partial charge in [-0.1, -0.05) is 41.9 Å². The summed E-state index contributed by atoms with van der Waals surface area (Å²) in [6.45, 7) is 3.58. The first-order valence-corrected chi connectivity index (χ1v) is 8.49. The Morgan fingerprint density at radius 1 is 1.27 bits per heavy atom. The minimum atomic E-state index is -1.85. The Labute approximate surface area is 156 Å². The van der Waals surface area contributed by atoms with Crippen LogP contribution in [-0.4, -0.2) is 22.5 Å². The van der Waals surface area contributed by atoms with Gasteiger partial charge >= 0.3 is 0 Å². The van der Waals surface area contributed by atoms with Crippen molar-refractivity contribution < 1.29 is 14.3 Å². The van der Waals surface area contributed by atoms with Crippen molar-refractivity contribution in [1.29, 1.82) is 0 Å². The topological polar surface area (TPSA) is 101 Å².